The van der Waals surface area contributed by atoms with E-state index in [9.17, 15) is 4.79 Å². The first-order valence-corrected chi connectivity index (χ1v) is 8.48. The molecule has 3 aromatic rings. The van der Waals surface area contributed by atoms with Crippen molar-refractivity contribution in [2.75, 3.05) is 11.1 Å². The van der Waals surface area contributed by atoms with Gasteiger partial charge in [-0.1, -0.05) is 41.0 Å². The van der Waals surface area contributed by atoms with Crippen LogP contribution in [0.5, 0.6) is 0 Å². The van der Waals surface area contributed by atoms with Crippen molar-refractivity contribution in [2.45, 2.75) is 5.22 Å². The zero-order valence-electron chi connectivity index (χ0n) is 12.1. The third-order valence-electron chi connectivity index (χ3n) is 2.82. The van der Waals surface area contributed by atoms with Crippen LogP contribution in [0.4, 0.5) is 5.69 Å². The number of benzene rings is 1. The summed E-state index contributed by atoms with van der Waals surface area (Å²) in [7, 11) is 0. The van der Waals surface area contributed by atoms with Crippen LogP contribution < -0.4 is 5.32 Å². The number of carbonyl (C=O) groups is 1. The summed E-state index contributed by atoms with van der Waals surface area (Å²) in [5.41, 5.74) is 1.29. The van der Waals surface area contributed by atoms with Crippen molar-refractivity contribution < 1.29 is 9.21 Å². The third-order valence-corrected chi connectivity index (χ3v) is 4.09. The van der Waals surface area contributed by atoms with Gasteiger partial charge in [0.1, 0.15) is 5.15 Å². The van der Waals surface area contributed by atoms with Gasteiger partial charge in [-0.15, -0.1) is 10.2 Å². The van der Waals surface area contributed by atoms with E-state index in [2.05, 4.69) is 20.5 Å². The zero-order chi connectivity index (χ0) is 16.9. The van der Waals surface area contributed by atoms with Crippen molar-refractivity contribution in [2.24, 2.45) is 0 Å². The van der Waals surface area contributed by atoms with Crippen molar-refractivity contribution in [3.05, 3.63) is 52.8 Å². The largest absolute Gasteiger partial charge is 0.411 e. The van der Waals surface area contributed by atoms with E-state index < -0.39 is 0 Å². The first-order valence-electron chi connectivity index (χ1n) is 6.74. The van der Waals surface area contributed by atoms with E-state index in [1.807, 2.05) is 0 Å². The average Bonchev–Trinajstić information content (AvgIpc) is 3.03. The molecule has 0 radical (unpaired) electrons. The molecule has 122 valence electrons. The number of nitrogens with one attached hydrogen (secondary N) is 1. The summed E-state index contributed by atoms with van der Waals surface area (Å²) in [6, 6.07) is 10.3. The molecule has 2 aromatic heterocycles. The number of nitrogens with zero attached hydrogens (tertiary/aromatic N) is 3. The SMILES string of the molecule is O=C(CSc1nnc(-c2ccc(Cl)nc2)o1)Nc1cccc(Cl)c1. The number of halogens is 2. The normalized spacial score (nSPS) is 10.6. The van der Waals surface area contributed by atoms with Crippen LogP contribution in [0, 0.1) is 0 Å². The molecule has 0 atom stereocenters. The molecule has 1 aromatic carbocycles. The predicted octanol–water partition coefficient (Wildman–Crippen LogP) is 4.17. The lowest BCUT2D eigenvalue weighted by molar-refractivity contribution is -0.113. The summed E-state index contributed by atoms with van der Waals surface area (Å²) >= 11 is 12.7. The van der Waals surface area contributed by atoms with Gasteiger partial charge in [0.15, 0.2) is 0 Å². The molecular formula is C15H10Cl2N4O2S. The number of hydrogen-bond donors (Lipinski definition) is 1. The second kappa shape index (κ2) is 7.65. The Hall–Kier alpha value is -2.09. The highest BCUT2D eigenvalue weighted by molar-refractivity contribution is 7.99. The number of thioether (sulfide) groups is 1. The number of rotatable bonds is 5. The summed E-state index contributed by atoms with van der Waals surface area (Å²) in [5.74, 6) is 0.250. The molecule has 2 heterocycles. The second-order valence-corrected chi connectivity index (χ2v) is 6.34. The van der Waals surface area contributed by atoms with E-state index in [-0.39, 0.29) is 11.7 Å². The van der Waals surface area contributed by atoms with Gasteiger partial charge in [0, 0.05) is 16.9 Å². The number of pyridine rings is 1. The van der Waals surface area contributed by atoms with Gasteiger partial charge in [-0.2, -0.15) is 0 Å². The summed E-state index contributed by atoms with van der Waals surface area (Å²) in [6.45, 7) is 0. The van der Waals surface area contributed by atoms with Gasteiger partial charge in [0.25, 0.3) is 5.22 Å². The summed E-state index contributed by atoms with van der Waals surface area (Å²) in [5, 5.41) is 11.8. The molecule has 0 aliphatic carbocycles. The highest BCUT2D eigenvalue weighted by Gasteiger charge is 2.12. The molecule has 0 fully saturated rings. The Morgan fingerprint density at radius 1 is 1.21 bits per heavy atom. The minimum Gasteiger partial charge on any atom is -0.411 e. The van der Waals surface area contributed by atoms with Gasteiger partial charge in [-0.05, 0) is 30.3 Å². The van der Waals surface area contributed by atoms with Gasteiger partial charge in [0.05, 0.1) is 11.3 Å². The number of amides is 1. The molecular weight excluding hydrogens is 371 g/mol. The molecule has 0 bridgehead atoms. The van der Waals surface area contributed by atoms with E-state index in [4.69, 9.17) is 27.6 Å². The van der Waals surface area contributed by atoms with Crippen LogP contribution in [0.1, 0.15) is 0 Å². The number of anilines is 1. The fourth-order valence-corrected chi connectivity index (χ4v) is 2.64. The van der Waals surface area contributed by atoms with E-state index in [0.717, 1.165) is 11.8 Å². The maximum absolute atomic E-state index is 11.9. The Labute approximate surface area is 151 Å². The smallest absolute Gasteiger partial charge is 0.277 e. The van der Waals surface area contributed by atoms with Crippen molar-refractivity contribution in [3.63, 3.8) is 0 Å². The minimum atomic E-state index is -0.199. The zero-order valence-corrected chi connectivity index (χ0v) is 14.4. The fourth-order valence-electron chi connectivity index (χ4n) is 1.78. The number of hydrogen-bond acceptors (Lipinski definition) is 6. The third kappa shape index (κ3) is 4.47. The Morgan fingerprint density at radius 2 is 2.08 bits per heavy atom. The van der Waals surface area contributed by atoms with Gasteiger partial charge in [-0.25, -0.2) is 4.98 Å². The molecule has 9 heteroatoms. The molecule has 0 aliphatic heterocycles. The summed E-state index contributed by atoms with van der Waals surface area (Å²) < 4.78 is 5.49. The van der Waals surface area contributed by atoms with Crippen LogP contribution in [0.2, 0.25) is 10.2 Å². The molecule has 6 nitrogen and oxygen atoms in total. The van der Waals surface area contributed by atoms with Crippen LogP contribution in [0.25, 0.3) is 11.5 Å². The fraction of sp³-hybridized carbons (Fsp3) is 0.0667. The van der Waals surface area contributed by atoms with E-state index in [1.54, 1.807) is 36.4 Å². The predicted molar refractivity (Wildman–Crippen MR) is 93.3 cm³/mol. The highest BCUT2D eigenvalue weighted by Crippen LogP contribution is 2.23. The Morgan fingerprint density at radius 3 is 2.83 bits per heavy atom. The van der Waals surface area contributed by atoms with Gasteiger partial charge in [-0.3, -0.25) is 4.79 Å². The van der Waals surface area contributed by atoms with Crippen molar-refractivity contribution >= 4 is 46.6 Å². The topological polar surface area (TPSA) is 80.9 Å². The van der Waals surface area contributed by atoms with E-state index in [0.29, 0.717) is 32.5 Å². The first kappa shape index (κ1) is 16.8. The van der Waals surface area contributed by atoms with Crippen molar-refractivity contribution in [1.82, 2.24) is 15.2 Å². The number of carbonyl (C=O) groups excluding carboxylic acids is 1. The molecule has 0 aliphatic rings. The van der Waals surface area contributed by atoms with Crippen LogP contribution in [-0.4, -0.2) is 26.8 Å². The van der Waals surface area contributed by atoms with Crippen LogP contribution in [-0.2, 0) is 4.79 Å². The highest BCUT2D eigenvalue weighted by atomic mass is 35.5. The summed E-state index contributed by atoms with van der Waals surface area (Å²) in [4.78, 5) is 15.9. The van der Waals surface area contributed by atoms with Crippen molar-refractivity contribution in [1.29, 1.82) is 0 Å². The lowest BCUT2D eigenvalue weighted by Crippen LogP contribution is -2.13. The Balaban J connectivity index is 1.57. The Kier molecular flexibility index (Phi) is 5.34. The maximum atomic E-state index is 11.9. The van der Waals surface area contributed by atoms with Gasteiger partial charge >= 0.3 is 0 Å². The van der Waals surface area contributed by atoms with Crippen molar-refractivity contribution in [3.8, 4) is 11.5 Å². The van der Waals surface area contributed by atoms with Crippen LogP contribution in [0.15, 0.2) is 52.2 Å². The second-order valence-electron chi connectivity index (χ2n) is 4.59. The quantitative estimate of drug-likeness (QED) is 0.528. The molecule has 0 saturated heterocycles. The molecule has 24 heavy (non-hydrogen) atoms. The van der Waals surface area contributed by atoms with E-state index in [1.165, 1.54) is 6.20 Å². The lowest BCUT2D eigenvalue weighted by atomic mass is 10.3. The molecule has 0 spiro atoms. The van der Waals surface area contributed by atoms with Crippen LogP contribution >= 0.6 is 35.0 Å². The molecule has 1 N–H and O–H groups in total. The average molecular weight is 381 g/mol. The maximum Gasteiger partial charge on any atom is 0.277 e. The van der Waals surface area contributed by atoms with Crippen LogP contribution in [0.3, 0.4) is 0 Å². The van der Waals surface area contributed by atoms with E-state index >= 15 is 0 Å². The lowest BCUT2D eigenvalue weighted by Gasteiger charge is -2.03. The molecule has 1 amide bonds. The minimum absolute atomic E-state index is 0.132. The molecule has 0 saturated carbocycles. The standard InChI is InChI=1S/C15H10Cl2N4O2S/c16-10-2-1-3-11(6-10)19-13(22)8-24-15-21-20-14(23-15)9-4-5-12(17)18-7-9/h1-7H,8H2,(H,19,22). The molecule has 0 unspecified atom stereocenters. The van der Waals surface area contributed by atoms with Gasteiger partial charge < -0.3 is 9.73 Å². The summed E-state index contributed by atoms with van der Waals surface area (Å²) in [6.07, 6.45) is 1.54. The monoisotopic (exact) mass is 380 g/mol. The number of aromatic nitrogens is 3. The first-order chi connectivity index (χ1) is 11.6. The molecule has 3 rings (SSSR count). The van der Waals surface area contributed by atoms with Gasteiger partial charge in [0.2, 0.25) is 11.8 Å². The Bertz CT molecular complexity index is 855.